The number of halogens is 2. The second-order valence-corrected chi connectivity index (χ2v) is 3.68. The van der Waals surface area contributed by atoms with Gasteiger partial charge in [-0.3, -0.25) is 0 Å². The Bertz CT molecular complexity index is 454. The largest absolute Gasteiger partial charge is 0.239 e. The molecule has 0 amide bonds. The van der Waals surface area contributed by atoms with Crippen LogP contribution in [0.2, 0.25) is 5.02 Å². The van der Waals surface area contributed by atoms with Crippen LogP contribution in [-0.2, 0) is 5.88 Å². The van der Waals surface area contributed by atoms with Gasteiger partial charge in [-0.15, -0.1) is 11.6 Å². The Morgan fingerprint density at radius 2 is 1.73 bits per heavy atom. The Hall–Kier alpha value is -1.12. The summed E-state index contributed by atoms with van der Waals surface area (Å²) >= 11 is 11.7. The van der Waals surface area contributed by atoms with E-state index < -0.39 is 0 Å². The predicted molar refractivity (Wildman–Crippen MR) is 62.0 cm³/mol. The standard InChI is InChI=1S/C11H8Cl2N2/c12-5-11-14-6-8(7-15-11)9-3-1-2-4-10(9)13/h1-4,6-7H,5H2. The average molecular weight is 239 g/mol. The van der Waals surface area contributed by atoms with Crippen molar-refractivity contribution in [2.75, 3.05) is 0 Å². The molecule has 0 aliphatic carbocycles. The summed E-state index contributed by atoms with van der Waals surface area (Å²) in [4.78, 5) is 8.23. The lowest BCUT2D eigenvalue weighted by Gasteiger charge is -2.03. The highest BCUT2D eigenvalue weighted by Crippen LogP contribution is 2.26. The molecular formula is C11H8Cl2N2. The van der Waals surface area contributed by atoms with Crippen molar-refractivity contribution in [2.45, 2.75) is 5.88 Å². The maximum Gasteiger partial charge on any atom is 0.142 e. The van der Waals surface area contributed by atoms with E-state index in [1.54, 1.807) is 12.4 Å². The van der Waals surface area contributed by atoms with Crippen LogP contribution in [0.5, 0.6) is 0 Å². The first-order chi connectivity index (χ1) is 7.31. The minimum atomic E-state index is 0.322. The van der Waals surface area contributed by atoms with Gasteiger partial charge >= 0.3 is 0 Å². The molecular weight excluding hydrogens is 231 g/mol. The molecule has 0 N–H and O–H groups in total. The van der Waals surface area contributed by atoms with Crippen LogP contribution in [0.25, 0.3) is 11.1 Å². The lowest BCUT2D eigenvalue weighted by atomic mass is 10.1. The van der Waals surface area contributed by atoms with Crippen molar-refractivity contribution in [1.82, 2.24) is 9.97 Å². The molecule has 15 heavy (non-hydrogen) atoms. The maximum absolute atomic E-state index is 6.05. The molecule has 1 heterocycles. The van der Waals surface area contributed by atoms with Crippen LogP contribution >= 0.6 is 23.2 Å². The lowest BCUT2D eigenvalue weighted by molar-refractivity contribution is 1.03. The minimum absolute atomic E-state index is 0.322. The van der Waals surface area contributed by atoms with E-state index in [2.05, 4.69) is 9.97 Å². The highest BCUT2D eigenvalue weighted by Gasteiger charge is 2.03. The second-order valence-electron chi connectivity index (χ2n) is 3.00. The van der Waals surface area contributed by atoms with Gasteiger partial charge < -0.3 is 0 Å². The molecule has 0 radical (unpaired) electrons. The van der Waals surface area contributed by atoms with E-state index in [9.17, 15) is 0 Å². The molecule has 4 heteroatoms. The van der Waals surface area contributed by atoms with Crippen molar-refractivity contribution in [1.29, 1.82) is 0 Å². The summed E-state index contributed by atoms with van der Waals surface area (Å²) in [6.45, 7) is 0. The summed E-state index contributed by atoms with van der Waals surface area (Å²) in [5.74, 6) is 0.940. The molecule has 0 atom stereocenters. The third-order valence-electron chi connectivity index (χ3n) is 2.01. The van der Waals surface area contributed by atoms with E-state index >= 15 is 0 Å². The van der Waals surface area contributed by atoms with Gasteiger partial charge in [0.15, 0.2) is 0 Å². The summed E-state index contributed by atoms with van der Waals surface area (Å²) in [6, 6.07) is 7.59. The highest BCUT2D eigenvalue weighted by atomic mass is 35.5. The summed E-state index contributed by atoms with van der Waals surface area (Å²) in [5.41, 5.74) is 1.83. The van der Waals surface area contributed by atoms with E-state index in [4.69, 9.17) is 23.2 Å². The molecule has 0 aliphatic heterocycles. The van der Waals surface area contributed by atoms with Crippen molar-refractivity contribution in [2.24, 2.45) is 0 Å². The molecule has 0 saturated heterocycles. The smallest absolute Gasteiger partial charge is 0.142 e. The normalized spacial score (nSPS) is 10.3. The van der Waals surface area contributed by atoms with Gasteiger partial charge in [0, 0.05) is 28.5 Å². The van der Waals surface area contributed by atoms with Crippen molar-refractivity contribution in [3.8, 4) is 11.1 Å². The number of hydrogen-bond acceptors (Lipinski definition) is 2. The van der Waals surface area contributed by atoms with Crippen LogP contribution in [-0.4, -0.2) is 9.97 Å². The minimum Gasteiger partial charge on any atom is -0.239 e. The molecule has 0 spiro atoms. The number of aromatic nitrogens is 2. The van der Waals surface area contributed by atoms with Gasteiger partial charge in [-0.1, -0.05) is 29.8 Å². The van der Waals surface area contributed by atoms with Crippen molar-refractivity contribution in [3.63, 3.8) is 0 Å². The highest BCUT2D eigenvalue weighted by molar-refractivity contribution is 6.33. The molecule has 0 aliphatic rings. The van der Waals surface area contributed by atoms with E-state index in [1.165, 1.54) is 0 Å². The molecule has 2 aromatic rings. The number of hydrogen-bond donors (Lipinski definition) is 0. The van der Waals surface area contributed by atoms with Gasteiger partial charge in [0.1, 0.15) is 5.82 Å². The first kappa shape index (κ1) is 10.4. The third-order valence-corrected chi connectivity index (χ3v) is 2.58. The van der Waals surface area contributed by atoms with Crippen LogP contribution < -0.4 is 0 Å². The fourth-order valence-corrected chi connectivity index (χ4v) is 1.64. The summed E-state index contributed by atoms with van der Waals surface area (Å²) in [6.07, 6.45) is 3.46. The van der Waals surface area contributed by atoms with Crippen LogP contribution in [0.1, 0.15) is 5.82 Å². The summed E-state index contributed by atoms with van der Waals surface area (Å²) in [5, 5.41) is 0.694. The number of alkyl halides is 1. The molecule has 2 rings (SSSR count). The third kappa shape index (κ3) is 2.28. The second kappa shape index (κ2) is 4.60. The SMILES string of the molecule is ClCc1ncc(-c2ccccc2Cl)cn1. The zero-order chi connectivity index (χ0) is 10.7. The van der Waals surface area contributed by atoms with Crippen molar-refractivity contribution >= 4 is 23.2 Å². The van der Waals surface area contributed by atoms with Crippen LogP contribution in [0.4, 0.5) is 0 Å². The molecule has 1 aromatic carbocycles. The Morgan fingerprint density at radius 3 is 2.33 bits per heavy atom. The molecule has 1 aromatic heterocycles. The topological polar surface area (TPSA) is 25.8 Å². The first-order valence-electron chi connectivity index (χ1n) is 4.43. The van der Waals surface area contributed by atoms with Gasteiger partial charge in [0.05, 0.1) is 5.88 Å². The van der Waals surface area contributed by atoms with E-state index in [-0.39, 0.29) is 0 Å². The Balaban J connectivity index is 2.42. The Labute approximate surface area is 97.9 Å². The molecule has 0 saturated carbocycles. The maximum atomic E-state index is 6.05. The Morgan fingerprint density at radius 1 is 1.07 bits per heavy atom. The fraction of sp³-hybridized carbons (Fsp3) is 0.0909. The van der Waals surface area contributed by atoms with Crippen molar-refractivity contribution < 1.29 is 0 Å². The molecule has 0 unspecified atom stereocenters. The van der Waals surface area contributed by atoms with Gasteiger partial charge in [-0.05, 0) is 6.07 Å². The predicted octanol–water partition coefficient (Wildman–Crippen LogP) is 3.54. The lowest BCUT2D eigenvalue weighted by Crippen LogP contribution is -1.91. The van der Waals surface area contributed by atoms with Gasteiger partial charge in [-0.2, -0.15) is 0 Å². The first-order valence-corrected chi connectivity index (χ1v) is 5.34. The molecule has 0 fully saturated rings. The zero-order valence-corrected chi connectivity index (χ0v) is 9.33. The van der Waals surface area contributed by atoms with Crippen LogP contribution in [0.15, 0.2) is 36.7 Å². The van der Waals surface area contributed by atoms with Crippen molar-refractivity contribution in [3.05, 3.63) is 47.5 Å². The zero-order valence-electron chi connectivity index (χ0n) is 7.82. The monoisotopic (exact) mass is 238 g/mol. The Kier molecular flexibility index (Phi) is 3.19. The van der Waals surface area contributed by atoms with Crippen LogP contribution in [0.3, 0.4) is 0 Å². The number of benzene rings is 1. The average Bonchev–Trinajstić information content (AvgIpc) is 2.30. The summed E-state index contributed by atoms with van der Waals surface area (Å²) < 4.78 is 0. The number of rotatable bonds is 2. The van der Waals surface area contributed by atoms with E-state index in [0.29, 0.717) is 16.7 Å². The van der Waals surface area contributed by atoms with Gasteiger partial charge in [-0.25, -0.2) is 9.97 Å². The quantitative estimate of drug-likeness (QED) is 0.749. The van der Waals surface area contributed by atoms with E-state index in [1.807, 2.05) is 24.3 Å². The van der Waals surface area contributed by atoms with Gasteiger partial charge in [0.2, 0.25) is 0 Å². The molecule has 2 nitrogen and oxygen atoms in total. The summed E-state index contributed by atoms with van der Waals surface area (Å²) in [7, 11) is 0. The molecule has 0 bridgehead atoms. The number of nitrogens with zero attached hydrogens (tertiary/aromatic N) is 2. The molecule has 76 valence electrons. The fourth-order valence-electron chi connectivity index (χ4n) is 1.26. The van der Waals surface area contributed by atoms with E-state index in [0.717, 1.165) is 11.1 Å². The van der Waals surface area contributed by atoms with Crippen LogP contribution in [0, 0.1) is 0 Å². The van der Waals surface area contributed by atoms with Gasteiger partial charge in [0.25, 0.3) is 0 Å².